The Morgan fingerprint density at radius 3 is 2.74 bits per heavy atom. The van der Waals surface area contributed by atoms with Crippen LogP contribution in [0, 0.1) is 13.8 Å². The van der Waals surface area contributed by atoms with Gasteiger partial charge in [0.1, 0.15) is 11.5 Å². The molecule has 0 radical (unpaired) electrons. The molecule has 2 aromatic heterocycles. The molecule has 2 aromatic rings. The van der Waals surface area contributed by atoms with Gasteiger partial charge in [0.05, 0.1) is 11.2 Å². The molecule has 1 aliphatic rings. The van der Waals surface area contributed by atoms with E-state index in [1.807, 2.05) is 30.8 Å². The van der Waals surface area contributed by atoms with Crippen LogP contribution in [-0.2, 0) is 18.5 Å². The minimum absolute atomic E-state index is 0.0959. The first-order valence-corrected chi connectivity index (χ1v) is 8.14. The van der Waals surface area contributed by atoms with Gasteiger partial charge < -0.3 is 9.88 Å². The second kappa shape index (κ2) is 5.51. The van der Waals surface area contributed by atoms with Crippen LogP contribution < -0.4 is 5.32 Å². The second-order valence-corrected chi connectivity index (χ2v) is 7.41. The molecule has 1 N–H and O–H groups in total. The number of fused-ring (bicyclic) bond motifs is 1. The highest BCUT2D eigenvalue weighted by Crippen LogP contribution is 2.18. The summed E-state index contributed by atoms with van der Waals surface area (Å²) in [5.41, 5.74) is 2.40. The Balaban J connectivity index is 1.71. The van der Waals surface area contributed by atoms with E-state index in [4.69, 9.17) is 0 Å². The van der Waals surface area contributed by atoms with Gasteiger partial charge in [-0.05, 0) is 47.1 Å². The van der Waals surface area contributed by atoms with Crippen molar-refractivity contribution < 1.29 is 4.79 Å². The SMILES string of the molecule is Cc1cn2c(n1)CC[C@@H](NC(=O)c1cc(C)n(C(C)(C)C)n1)C2. The fraction of sp³-hybridized carbons (Fsp3) is 0.588. The molecule has 0 unspecified atom stereocenters. The molecule has 124 valence electrons. The largest absolute Gasteiger partial charge is 0.346 e. The Labute approximate surface area is 136 Å². The highest BCUT2D eigenvalue weighted by molar-refractivity contribution is 5.92. The molecule has 0 spiro atoms. The molecular formula is C17H25N5O. The van der Waals surface area contributed by atoms with Crippen LogP contribution in [0.5, 0.6) is 0 Å². The summed E-state index contributed by atoms with van der Waals surface area (Å²) in [4.78, 5) is 17.0. The Morgan fingerprint density at radius 1 is 1.35 bits per heavy atom. The number of amides is 1. The van der Waals surface area contributed by atoms with E-state index in [1.54, 1.807) is 0 Å². The van der Waals surface area contributed by atoms with E-state index in [1.165, 1.54) is 0 Å². The minimum Gasteiger partial charge on any atom is -0.346 e. The summed E-state index contributed by atoms with van der Waals surface area (Å²) in [6.07, 6.45) is 3.86. The zero-order valence-electron chi connectivity index (χ0n) is 14.6. The molecule has 6 nitrogen and oxygen atoms in total. The Hall–Kier alpha value is -2.11. The minimum atomic E-state index is -0.128. The zero-order valence-corrected chi connectivity index (χ0v) is 14.6. The van der Waals surface area contributed by atoms with Crippen molar-refractivity contribution in [1.29, 1.82) is 0 Å². The summed E-state index contributed by atoms with van der Waals surface area (Å²) in [7, 11) is 0. The summed E-state index contributed by atoms with van der Waals surface area (Å²) >= 11 is 0. The molecule has 0 saturated heterocycles. The van der Waals surface area contributed by atoms with Crippen molar-refractivity contribution in [3.63, 3.8) is 0 Å². The van der Waals surface area contributed by atoms with E-state index < -0.39 is 0 Å². The van der Waals surface area contributed by atoms with Gasteiger partial charge in [0.15, 0.2) is 0 Å². The topological polar surface area (TPSA) is 64.7 Å². The molecule has 0 fully saturated rings. The molecule has 23 heavy (non-hydrogen) atoms. The number of carbonyl (C=O) groups excluding carboxylic acids is 1. The average molecular weight is 315 g/mol. The normalized spacial score (nSPS) is 17.9. The van der Waals surface area contributed by atoms with Gasteiger partial charge in [-0.3, -0.25) is 9.48 Å². The lowest BCUT2D eigenvalue weighted by molar-refractivity contribution is 0.0921. The number of aromatic nitrogens is 4. The van der Waals surface area contributed by atoms with Crippen molar-refractivity contribution >= 4 is 5.91 Å². The first kappa shape index (κ1) is 15.8. The number of nitrogens with zero attached hydrogens (tertiary/aromatic N) is 4. The van der Waals surface area contributed by atoms with Crippen LogP contribution >= 0.6 is 0 Å². The summed E-state index contributed by atoms with van der Waals surface area (Å²) < 4.78 is 4.04. The van der Waals surface area contributed by atoms with Crippen molar-refractivity contribution in [2.45, 2.75) is 65.6 Å². The number of imidazole rings is 1. The van der Waals surface area contributed by atoms with Gasteiger partial charge >= 0.3 is 0 Å². The maximum absolute atomic E-state index is 12.5. The number of nitrogens with one attached hydrogen (secondary N) is 1. The predicted molar refractivity (Wildman–Crippen MR) is 88.5 cm³/mol. The third-order valence-electron chi connectivity index (χ3n) is 4.20. The van der Waals surface area contributed by atoms with Crippen molar-refractivity contribution in [2.75, 3.05) is 0 Å². The van der Waals surface area contributed by atoms with E-state index in [2.05, 4.69) is 40.7 Å². The molecule has 0 aromatic carbocycles. The fourth-order valence-electron chi connectivity index (χ4n) is 3.23. The number of carbonyl (C=O) groups is 1. The van der Waals surface area contributed by atoms with Gasteiger partial charge in [0, 0.05) is 30.9 Å². The molecule has 6 heteroatoms. The molecule has 3 rings (SSSR count). The smallest absolute Gasteiger partial charge is 0.272 e. The van der Waals surface area contributed by atoms with Crippen LogP contribution in [0.4, 0.5) is 0 Å². The first-order chi connectivity index (χ1) is 10.7. The van der Waals surface area contributed by atoms with Crippen LogP contribution in [-0.4, -0.2) is 31.3 Å². The maximum atomic E-state index is 12.5. The number of hydrogen-bond donors (Lipinski definition) is 1. The highest BCUT2D eigenvalue weighted by atomic mass is 16.2. The highest BCUT2D eigenvalue weighted by Gasteiger charge is 2.24. The second-order valence-electron chi connectivity index (χ2n) is 7.41. The van der Waals surface area contributed by atoms with E-state index in [0.717, 1.165) is 36.6 Å². The standard InChI is InChI=1S/C17H25N5O/c1-11-9-21-10-13(6-7-15(21)18-11)19-16(23)14-8-12(2)22(20-14)17(3,4)5/h8-9,13H,6-7,10H2,1-5H3,(H,19,23)/t13-/m1/s1. The first-order valence-electron chi connectivity index (χ1n) is 8.14. The number of aryl methyl sites for hydroxylation is 3. The Kier molecular flexibility index (Phi) is 3.78. The molecule has 0 bridgehead atoms. The van der Waals surface area contributed by atoms with Gasteiger partial charge in [-0.1, -0.05) is 0 Å². The van der Waals surface area contributed by atoms with Crippen molar-refractivity contribution in [3.8, 4) is 0 Å². The predicted octanol–water partition coefficient (Wildman–Crippen LogP) is 2.20. The Bertz CT molecular complexity index is 735. The van der Waals surface area contributed by atoms with Crippen LogP contribution in [0.2, 0.25) is 0 Å². The Morgan fingerprint density at radius 2 is 2.09 bits per heavy atom. The zero-order chi connectivity index (χ0) is 16.8. The average Bonchev–Trinajstić information content (AvgIpc) is 2.99. The van der Waals surface area contributed by atoms with Gasteiger partial charge in [-0.25, -0.2) is 4.98 Å². The van der Waals surface area contributed by atoms with Crippen molar-refractivity contribution in [2.24, 2.45) is 0 Å². The maximum Gasteiger partial charge on any atom is 0.272 e. The van der Waals surface area contributed by atoms with Crippen LogP contribution in [0.3, 0.4) is 0 Å². The molecule has 0 saturated carbocycles. The number of hydrogen-bond acceptors (Lipinski definition) is 3. The van der Waals surface area contributed by atoms with E-state index >= 15 is 0 Å². The third-order valence-corrected chi connectivity index (χ3v) is 4.20. The van der Waals surface area contributed by atoms with E-state index in [9.17, 15) is 4.79 Å². The summed E-state index contributed by atoms with van der Waals surface area (Å²) in [5.74, 6) is 1.02. The van der Waals surface area contributed by atoms with Crippen molar-refractivity contribution in [1.82, 2.24) is 24.6 Å². The molecular weight excluding hydrogens is 290 g/mol. The fourth-order valence-corrected chi connectivity index (χ4v) is 3.23. The van der Waals surface area contributed by atoms with Gasteiger partial charge in [-0.2, -0.15) is 5.10 Å². The summed E-state index contributed by atoms with van der Waals surface area (Å²) in [6.45, 7) is 11.0. The molecule has 1 atom stereocenters. The molecule has 1 amide bonds. The monoisotopic (exact) mass is 315 g/mol. The number of rotatable bonds is 2. The lowest BCUT2D eigenvalue weighted by Crippen LogP contribution is -2.41. The van der Waals surface area contributed by atoms with E-state index in [-0.39, 0.29) is 17.5 Å². The van der Waals surface area contributed by atoms with Crippen LogP contribution in [0.1, 0.15) is 54.9 Å². The van der Waals surface area contributed by atoms with Gasteiger partial charge in [0.2, 0.25) is 0 Å². The van der Waals surface area contributed by atoms with E-state index in [0.29, 0.717) is 5.69 Å². The third kappa shape index (κ3) is 3.16. The quantitative estimate of drug-likeness (QED) is 0.924. The summed E-state index contributed by atoms with van der Waals surface area (Å²) in [6, 6.07) is 1.99. The van der Waals surface area contributed by atoms with Gasteiger partial charge in [-0.15, -0.1) is 0 Å². The molecule has 0 aliphatic carbocycles. The van der Waals surface area contributed by atoms with Crippen molar-refractivity contribution in [3.05, 3.63) is 35.2 Å². The lowest BCUT2D eigenvalue weighted by atomic mass is 10.1. The lowest BCUT2D eigenvalue weighted by Gasteiger charge is -2.24. The van der Waals surface area contributed by atoms with Crippen LogP contribution in [0.25, 0.3) is 0 Å². The van der Waals surface area contributed by atoms with Crippen LogP contribution in [0.15, 0.2) is 12.3 Å². The molecule has 1 aliphatic heterocycles. The molecule has 3 heterocycles. The summed E-state index contributed by atoms with van der Waals surface area (Å²) in [5, 5.41) is 7.59. The van der Waals surface area contributed by atoms with Gasteiger partial charge in [0.25, 0.3) is 5.91 Å².